The van der Waals surface area contributed by atoms with Crippen LogP contribution in [0.3, 0.4) is 0 Å². The molecule has 6 nitrogen and oxygen atoms in total. The van der Waals surface area contributed by atoms with Crippen molar-refractivity contribution in [2.75, 3.05) is 44.8 Å². The maximum atomic E-state index is 12.5. The van der Waals surface area contributed by atoms with E-state index in [1.54, 1.807) is 4.31 Å². The third-order valence-electron chi connectivity index (χ3n) is 3.21. The van der Waals surface area contributed by atoms with Gasteiger partial charge in [-0.15, -0.1) is 0 Å². The second-order valence-corrected chi connectivity index (χ2v) is 7.08. The minimum Gasteiger partial charge on any atom is -0.379 e. The van der Waals surface area contributed by atoms with Crippen LogP contribution in [0.5, 0.6) is 0 Å². The molecule has 18 heavy (non-hydrogen) atoms. The quantitative estimate of drug-likeness (QED) is 0.680. The van der Waals surface area contributed by atoms with Gasteiger partial charge in [0.05, 0.1) is 25.9 Å². The molecule has 2 unspecified atom stereocenters. The number of ether oxygens (including phenoxy) is 2. The molecule has 0 amide bonds. The summed E-state index contributed by atoms with van der Waals surface area (Å²) in [5.74, 6) is 0. The van der Waals surface area contributed by atoms with Crippen molar-refractivity contribution in [2.24, 2.45) is 0 Å². The normalized spacial score (nSPS) is 32.6. The van der Waals surface area contributed by atoms with Gasteiger partial charge in [-0.25, -0.2) is 0 Å². The Hall–Kier alpha value is 0.270. The lowest BCUT2D eigenvalue weighted by molar-refractivity contribution is -0.0178. The summed E-state index contributed by atoms with van der Waals surface area (Å²) in [5.41, 5.74) is 0. The Morgan fingerprint density at radius 2 is 2.00 bits per heavy atom. The fourth-order valence-corrected chi connectivity index (χ4v) is 4.30. The summed E-state index contributed by atoms with van der Waals surface area (Å²) in [6.45, 7) is 4.55. The van der Waals surface area contributed by atoms with Crippen LogP contribution in [0.2, 0.25) is 0 Å². The predicted octanol–water partition coefficient (Wildman–Crippen LogP) is 0.0476. The molecule has 106 valence electrons. The van der Waals surface area contributed by atoms with Gasteiger partial charge in [-0.1, -0.05) is 15.9 Å². The van der Waals surface area contributed by atoms with Crippen molar-refractivity contribution in [3.05, 3.63) is 0 Å². The number of morpholine rings is 2. The van der Waals surface area contributed by atoms with Crippen LogP contribution in [0.25, 0.3) is 0 Å². The first-order valence-corrected chi connectivity index (χ1v) is 8.59. The molecule has 2 fully saturated rings. The number of hydrogen-bond donors (Lipinski definition) is 0. The second-order valence-electron chi connectivity index (χ2n) is 4.55. The second kappa shape index (κ2) is 6.15. The van der Waals surface area contributed by atoms with Crippen LogP contribution in [0.15, 0.2) is 0 Å². The minimum absolute atomic E-state index is 0.0722. The van der Waals surface area contributed by atoms with E-state index >= 15 is 0 Å². The standard InChI is InChI=1S/C10H19BrN2O4S/c1-9-8-17-10(6-11)7-13(9)18(14,15)12-2-4-16-5-3-12/h9-10H,2-8H2,1H3. The highest BCUT2D eigenvalue weighted by Gasteiger charge is 2.38. The third kappa shape index (κ3) is 3.05. The Bertz CT molecular complexity index is 372. The Balaban J connectivity index is 2.11. The van der Waals surface area contributed by atoms with E-state index in [9.17, 15) is 8.42 Å². The van der Waals surface area contributed by atoms with Crippen LogP contribution >= 0.6 is 15.9 Å². The first-order valence-electron chi connectivity index (χ1n) is 6.08. The average molecular weight is 343 g/mol. The lowest BCUT2D eigenvalue weighted by atomic mass is 10.2. The smallest absolute Gasteiger partial charge is 0.282 e. The molecule has 0 N–H and O–H groups in total. The largest absolute Gasteiger partial charge is 0.379 e. The molecule has 8 heteroatoms. The van der Waals surface area contributed by atoms with Crippen LogP contribution in [-0.2, 0) is 19.7 Å². The fourth-order valence-electron chi connectivity index (χ4n) is 2.13. The molecule has 0 radical (unpaired) electrons. The molecule has 0 bridgehead atoms. The maximum Gasteiger partial charge on any atom is 0.282 e. The van der Waals surface area contributed by atoms with Crippen molar-refractivity contribution < 1.29 is 17.9 Å². The number of rotatable bonds is 3. The van der Waals surface area contributed by atoms with Crippen LogP contribution in [0.1, 0.15) is 6.92 Å². The molecule has 0 aliphatic carbocycles. The zero-order valence-electron chi connectivity index (χ0n) is 10.4. The molecule has 0 aromatic rings. The zero-order chi connectivity index (χ0) is 13.2. The summed E-state index contributed by atoms with van der Waals surface area (Å²) in [4.78, 5) is 0. The van der Waals surface area contributed by atoms with Gasteiger partial charge in [0, 0.05) is 31.0 Å². The topological polar surface area (TPSA) is 59.1 Å². The van der Waals surface area contributed by atoms with E-state index in [1.807, 2.05) is 6.92 Å². The van der Waals surface area contributed by atoms with E-state index < -0.39 is 10.2 Å². The predicted molar refractivity (Wildman–Crippen MR) is 71.0 cm³/mol. The minimum atomic E-state index is -3.39. The van der Waals surface area contributed by atoms with Crippen LogP contribution < -0.4 is 0 Å². The van der Waals surface area contributed by atoms with Crippen LogP contribution in [0, 0.1) is 0 Å². The summed E-state index contributed by atoms with van der Waals surface area (Å²) in [7, 11) is -3.39. The Kier molecular flexibility index (Phi) is 5.01. The van der Waals surface area contributed by atoms with Gasteiger partial charge in [-0.05, 0) is 6.92 Å². The van der Waals surface area contributed by atoms with E-state index in [0.29, 0.717) is 44.8 Å². The van der Waals surface area contributed by atoms with Crippen molar-refractivity contribution in [3.8, 4) is 0 Å². The van der Waals surface area contributed by atoms with E-state index in [4.69, 9.17) is 9.47 Å². The van der Waals surface area contributed by atoms with Crippen LogP contribution in [0.4, 0.5) is 0 Å². The van der Waals surface area contributed by atoms with Gasteiger partial charge in [0.25, 0.3) is 10.2 Å². The molecule has 2 saturated heterocycles. The summed E-state index contributed by atoms with van der Waals surface area (Å²) >= 11 is 3.34. The maximum absolute atomic E-state index is 12.5. The van der Waals surface area contributed by atoms with E-state index in [2.05, 4.69) is 15.9 Å². The van der Waals surface area contributed by atoms with Crippen molar-refractivity contribution >= 4 is 26.1 Å². The van der Waals surface area contributed by atoms with E-state index in [-0.39, 0.29) is 12.1 Å². The molecular weight excluding hydrogens is 324 g/mol. The molecular formula is C10H19BrN2O4S. The number of alkyl halides is 1. The first-order chi connectivity index (χ1) is 8.55. The third-order valence-corrected chi connectivity index (χ3v) is 6.05. The van der Waals surface area contributed by atoms with Gasteiger partial charge in [-0.2, -0.15) is 17.0 Å². The van der Waals surface area contributed by atoms with Crippen LogP contribution in [-0.4, -0.2) is 74.0 Å². The van der Waals surface area contributed by atoms with E-state index in [0.717, 1.165) is 0 Å². The lowest BCUT2D eigenvalue weighted by Gasteiger charge is -2.40. The Morgan fingerprint density at radius 1 is 1.33 bits per heavy atom. The van der Waals surface area contributed by atoms with Gasteiger partial charge in [0.1, 0.15) is 0 Å². The molecule has 0 spiro atoms. The fraction of sp³-hybridized carbons (Fsp3) is 1.00. The molecule has 2 atom stereocenters. The highest BCUT2D eigenvalue weighted by Crippen LogP contribution is 2.20. The molecule has 2 heterocycles. The lowest BCUT2D eigenvalue weighted by Crippen LogP contribution is -2.57. The van der Waals surface area contributed by atoms with Gasteiger partial charge in [0.2, 0.25) is 0 Å². The molecule has 2 aliphatic rings. The molecule has 2 aliphatic heterocycles. The summed E-state index contributed by atoms with van der Waals surface area (Å²) in [6.07, 6.45) is -0.0722. The number of hydrogen-bond acceptors (Lipinski definition) is 4. The average Bonchev–Trinajstić information content (AvgIpc) is 2.40. The van der Waals surface area contributed by atoms with Crippen molar-refractivity contribution in [3.63, 3.8) is 0 Å². The van der Waals surface area contributed by atoms with Gasteiger partial charge < -0.3 is 9.47 Å². The van der Waals surface area contributed by atoms with Gasteiger partial charge in [0.15, 0.2) is 0 Å². The van der Waals surface area contributed by atoms with E-state index in [1.165, 1.54) is 4.31 Å². The monoisotopic (exact) mass is 342 g/mol. The molecule has 0 aromatic heterocycles. The number of nitrogens with zero attached hydrogens (tertiary/aromatic N) is 2. The van der Waals surface area contributed by atoms with Gasteiger partial charge in [-0.3, -0.25) is 0 Å². The van der Waals surface area contributed by atoms with Crippen molar-refractivity contribution in [1.82, 2.24) is 8.61 Å². The SMILES string of the molecule is CC1COC(CBr)CN1S(=O)(=O)N1CCOCC1. The highest BCUT2D eigenvalue weighted by molar-refractivity contribution is 9.09. The Morgan fingerprint density at radius 3 is 2.61 bits per heavy atom. The highest BCUT2D eigenvalue weighted by atomic mass is 79.9. The van der Waals surface area contributed by atoms with Crippen molar-refractivity contribution in [1.29, 1.82) is 0 Å². The Labute approximate surface area is 117 Å². The zero-order valence-corrected chi connectivity index (χ0v) is 12.8. The number of halogens is 1. The first kappa shape index (κ1) is 14.7. The van der Waals surface area contributed by atoms with Crippen molar-refractivity contribution in [2.45, 2.75) is 19.1 Å². The summed E-state index contributed by atoms with van der Waals surface area (Å²) < 4.78 is 38.9. The summed E-state index contributed by atoms with van der Waals surface area (Å²) in [5, 5.41) is 0.648. The molecule has 2 rings (SSSR count). The molecule has 0 aromatic carbocycles. The molecule has 0 saturated carbocycles. The summed E-state index contributed by atoms with van der Waals surface area (Å²) in [6, 6.07) is -0.117. The van der Waals surface area contributed by atoms with Gasteiger partial charge >= 0.3 is 0 Å².